The van der Waals surface area contributed by atoms with E-state index < -0.39 is 11.5 Å². The van der Waals surface area contributed by atoms with Gasteiger partial charge in [0.15, 0.2) is 11.3 Å². The van der Waals surface area contributed by atoms with Crippen molar-refractivity contribution in [3.63, 3.8) is 0 Å². The van der Waals surface area contributed by atoms with Crippen LogP contribution in [0.25, 0.3) is 4.85 Å². The van der Waals surface area contributed by atoms with E-state index >= 15 is 0 Å². The van der Waals surface area contributed by atoms with Gasteiger partial charge in [-0.05, 0) is 54.4 Å². The molecule has 0 bridgehead atoms. The van der Waals surface area contributed by atoms with Gasteiger partial charge < -0.3 is 15.2 Å². The zero-order chi connectivity index (χ0) is 22.3. The van der Waals surface area contributed by atoms with Crippen LogP contribution in [0.5, 0.6) is 5.75 Å². The number of nitriles is 1. The SMILES string of the molecule is [C-]#[N+]c1ccc(NC(=O)[C@@](O)(COc2ccc(C#N)cc2)Cc2ccccc2)cc1C. The standard InChI is InChI=1S/C25H21N3O3/c1-18-14-21(10-13-23(18)27-2)28-24(29)25(30,15-19-6-4-3-5-7-19)17-31-22-11-8-20(16-26)9-12-22/h3-14,30H,15,17H2,1H3,(H,28,29)/t25-/m0/s1. The van der Waals surface area contributed by atoms with Gasteiger partial charge in [0.2, 0.25) is 0 Å². The molecule has 3 aromatic rings. The molecule has 6 nitrogen and oxygen atoms in total. The van der Waals surface area contributed by atoms with Crippen molar-refractivity contribution in [3.05, 3.63) is 101 Å². The fourth-order valence-electron chi connectivity index (χ4n) is 3.06. The number of ether oxygens (including phenoxy) is 1. The number of carbonyl (C=O) groups excluding carboxylic acids is 1. The molecule has 0 aliphatic heterocycles. The molecule has 0 heterocycles. The molecule has 31 heavy (non-hydrogen) atoms. The second-order valence-corrected chi connectivity index (χ2v) is 7.19. The third kappa shape index (κ3) is 5.48. The first kappa shape index (κ1) is 21.6. The molecular weight excluding hydrogens is 390 g/mol. The van der Waals surface area contributed by atoms with Crippen LogP contribution in [0.1, 0.15) is 16.7 Å². The molecule has 3 aromatic carbocycles. The van der Waals surface area contributed by atoms with Crippen molar-refractivity contribution < 1.29 is 14.6 Å². The van der Waals surface area contributed by atoms with Crippen LogP contribution in [0, 0.1) is 24.8 Å². The zero-order valence-corrected chi connectivity index (χ0v) is 17.0. The number of nitrogens with one attached hydrogen (secondary N) is 1. The maximum Gasteiger partial charge on any atom is 0.260 e. The first-order chi connectivity index (χ1) is 14.9. The summed E-state index contributed by atoms with van der Waals surface area (Å²) in [6, 6.07) is 22.6. The van der Waals surface area contributed by atoms with Crippen molar-refractivity contribution >= 4 is 17.3 Å². The van der Waals surface area contributed by atoms with Crippen LogP contribution in [0.2, 0.25) is 0 Å². The molecular formula is C25H21N3O3. The summed E-state index contributed by atoms with van der Waals surface area (Å²) >= 11 is 0. The molecule has 0 aliphatic rings. The summed E-state index contributed by atoms with van der Waals surface area (Å²) in [6.07, 6.45) is 0.0507. The molecule has 154 valence electrons. The number of amides is 1. The van der Waals surface area contributed by atoms with E-state index in [2.05, 4.69) is 10.2 Å². The quantitative estimate of drug-likeness (QED) is 0.564. The molecule has 0 saturated heterocycles. The molecule has 3 rings (SSSR count). The maximum absolute atomic E-state index is 13.1. The topological polar surface area (TPSA) is 86.7 Å². The number of carbonyl (C=O) groups is 1. The number of benzene rings is 3. The van der Waals surface area contributed by atoms with Crippen molar-refractivity contribution in [2.45, 2.75) is 18.9 Å². The number of nitrogens with zero attached hydrogens (tertiary/aromatic N) is 2. The Morgan fingerprint density at radius 2 is 1.87 bits per heavy atom. The van der Waals surface area contributed by atoms with Gasteiger partial charge in [0, 0.05) is 12.1 Å². The summed E-state index contributed by atoms with van der Waals surface area (Å²) in [5, 5.41) is 22.9. The summed E-state index contributed by atoms with van der Waals surface area (Å²) < 4.78 is 5.70. The van der Waals surface area contributed by atoms with Crippen LogP contribution in [0.15, 0.2) is 72.8 Å². The minimum atomic E-state index is -1.85. The van der Waals surface area contributed by atoms with E-state index in [-0.39, 0.29) is 13.0 Å². The third-order valence-corrected chi connectivity index (χ3v) is 4.80. The summed E-state index contributed by atoms with van der Waals surface area (Å²) in [7, 11) is 0. The number of hydrogen-bond acceptors (Lipinski definition) is 4. The molecule has 0 aliphatic carbocycles. The first-order valence-corrected chi connectivity index (χ1v) is 9.62. The molecule has 2 N–H and O–H groups in total. The summed E-state index contributed by atoms with van der Waals surface area (Å²) in [4.78, 5) is 16.5. The Labute approximate surface area is 181 Å². The largest absolute Gasteiger partial charge is 0.490 e. The Kier molecular flexibility index (Phi) is 6.67. The Morgan fingerprint density at radius 3 is 2.48 bits per heavy atom. The van der Waals surface area contributed by atoms with Crippen LogP contribution in [-0.2, 0) is 11.2 Å². The Morgan fingerprint density at radius 1 is 1.16 bits per heavy atom. The number of aliphatic hydroxyl groups is 1. The predicted molar refractivity (Wildman–Crippen MR) is 118 cm³/mol. The number of rotatable bonds is 7. The van der Waals surface area contributed by atoms with Gasteiger partial charge in [-0.3, -0.25) is 4.79 Å². The highest BCUT2D eigenvalue weighted by molar-refractivity contribution is 5.97. The average Bonchev–Trinajstić information content (AvgIpc) is 2.79. The van der Waals surface area contributed by atoms with E-state index in [0.29, 0.717) is 22.7 Å². The predicted octanol–water partition coefficient (Wildman–Crippen LogP) is 4.41. The van der Waals surface area contributed by atoms with Crippen LogP contribution in [0.4, 0.5) is 11.4 Å². The van der Waals surface area contributed by atoms with Crippen LogP contribution < -0.4 is 10.1 Å². The minimum Gasteiger partial charge on any atom is -0.490 e. The van der Waals surface area contributed by atoms with Gasteiger partial charge in [0.1, 0.15) is 12.4 Å². The summed E-state index contributed by atoms with van der Waals surface area (Å²) in [5.41, 5.74) is 1.14. The van der Waals surface area contributed by atoms with E-state index in [1.165, 1.54) is 0 Å². The van der Waals surface area contributed by atoms with Gasteiger partial charge in [-0.25, -0.2) is 4.85 Å². The van der Waals surface area contributed by atoms with Crippen molar-refractivity contribution in [2.24, 2.45) is 0 Å². The van der Waals surface area contributed by atoms with Gasteiger partial charge in [0.05, 0.1) is 18.2 Å². The highest BCUT2D eigenvalue weighted by atomic mass is 16.5. The molecule has 0 saturated carbocycles. The Bertz CT molecular complexity index is 1150. The normalized spacial score (nSPS) is 12.1. The van der Waals surface area contributed by atoms with Crippen LogP contribution in [0.3, 0.4) is 0 Å². The van der Waals surface area contributed by atoms with Crippen molar-refractivity contribution in [1.29, 1.82) is 5.26 Å². The monoisotopic (exact) mass is 411 g/mol. The fourth-order valence-corrected chi connectivity index (χ4v) is 3.06. The molecule has 6 heteroatoms. The molecule has 1 atom stereocenters. The summed E-state index contributed by atoms with van der Waals surface area (Å²) in [6.45, 7) is 8.65. The van der Waals surface area contributed by atoms with Gasteiger partial charge in [0.25, 0.3) is 5.91 Å². The summed E-state index contributed by atoms with van der Waals surface area (Å²) in [5.74, 6) is -0.171. The number of anilines is 1. The van der Waals surface area contributed by atoms with Crippen molar-refractivity contribution in [2.75, 3.05) is 11.9 Å². The van der Waals surface area contributed by atoms with Crippen LogP contribution in [-0.4, -0.2) is 23.2 Å². The highest BCUT2D eigenvalue weighted by Crippen LogP contribution is 2.24. The van der Waals surface area contributed by atoms with Gasteiger partial charge >= 0.3 is 0 Å². The number of aryl methyl sites for hydroxylation is 1. The van der Waals surface area contributed by atoms with E-state index in [0.717, 1.165) is 11.1 Å². The van der Waals surface area contributed by atoms with Gasteiger partial charge in [-0.2, -0.15) is 5.26 Å². The molecule has 0 fully saturated rings. The van der Waals surface area contributed by atoms with Gasteiger partial charge in [-0.1, -0.05) is 36.4 Å². The molecule has 1 amide bonds. The second-order valence-electron chi connectivity index (χ2n) is 7.19. The van der Waals surface area contributed by atoms with Gasteiger partial charge in [-0.15, -0.1) is 0 Å². The number of hydrogen-bond donors (Lipinski definition) is 2. The zero-order valence-electron chi connectivity index (χ0n) is 17.0. The van der Waals surface area contributed by atoms with E-state index in [1.54, 1.807) is 49.4 Å². The lowest BCUT2D eigenvalue weighted by molar-refractivity contribution is -0.137. The van der Waals surface area contributed by atoms with Crippen molar-refractivity contribution in [3.8, 4) is 11.8 Å². The van der Waals surface area contributed by atoms with E-state index in [4.69, 9.17) is 16.6 Å². The van der Waals surface area contributed by atoms with E-state index in [1.807, 2.05) is 36.4 Å². The lowest BCUT2D eigenvalue weighted by atomic mass is 9.94. The second kappa shape index (κ2) is 9.58. The first-order valence-electron chi connectivity index (χ1n) is 9.62. The molecule has 0 unspecified atom stereocenters. The van der Waals surface area contributed by atoms with E-state index in [9.17, 15) is 9.90 Å². The fraction of sp³-hybridized carbons (Fsp3) is 0.160. The average molecular weight is 411 g/mol. The molecule has 0 aromatic heterocycles. The van der Waals surface area contributed by atoms with Crippen LogP contribution >= 0.6 is 0 Å². The minimum absolute atomic E-state index is 0.0507. The Balaban J connectivity index is 1.81. The molecule has 0 spiro atoms. The third-order valence-electron chi connectivity index (χ3n) is 4.80. The lowest BCUT2D eigenvalue weighted by Gasteiger charge is -2.27. The van der Waals surface area contributed by atoms with Crippen molar-refractivity contribution in [1.82, 2.24) is 0 Å². The lowest BCUT2D eigenvalue weighted by Crippen LogP contribution is -2.49. The highest BCUT2D eigenvalue weighted by Gasteiger charge is 2.37. The Hall–Kier alpha value is -4.13. The molecule has 0 radical (unpaired) electrons. The maximum atomic E-state index is 13.1. The smallest absolute Gasteiger partial charge is 0.260 e.